The van der Waals surface area contributed by atoms with Crippen LogP contribution in [0.25, 0.3) is 10.9 Å². The standard InChI is InChI=1S/C17H16N4O2S/c1-3-8-21-16(23)12-6-4-5-7-14(12)20-17(21)24-10-15(22)13(9-18)11(2)19/h3-7,13,19H,1,8,10H2,2H3. The molecule has 0 amide bonds. The van der Waals surface area contributed by atoms with Gasteiger partial charge in [0.1, 0.15) is 5.92 Å². The molecule has 24 heavy (non-hydrogen) atoms. The Morgan fingerprint density at radius 3 is 2.88 bits per heavy atom. The Morgan fingerprint density at radius 2 is 2.25 bits per heavy atom. The Bertz CT molecular complexity index is 911. The van der Waals surface area contributed by atoms with E-state index < -0.39 is 5.92 Å². The number of ketones is 1. The summed E-state index contributed by atoms with van der Waals surface area (Å²) >= 11 is 1.09. The number of nitrogens with zero attached hydrogens (tertiary/aromatic N) is 3. The van der Waals surface area contributed by atoms with Gasteiger partial charge in [0, 0.05) is 12.3 Å². The van der Waals surface area contributed by atoms with Gasteiger partial charge < -0.3 is 5.41 Å². The Labute approximate surface area is 143 Å². The maximum absolute atomic E-state index is 12.6. The fourth-order valence-corrected chi connectivity index (χ4v) is 3.09. The van der Waals surface area contributed by atoms with Crippen LogP contribution in [0, 0.1) is 22.7 Å². The lowest BCUT2D eigenvalue weighted by Gasteiger charge is -2.12. The molecule has 1 unspecified atom stereocenters. The molecule has 122 valence electrons. The Kier molecular flexibility index (Phi) is 5.66. The summed E-state index contributed by atoms with van der Waals surface area (Å²) in [5.74, 6) is -1.46. The third-order valence-electron chi connectivity index (χ3n) is 3.37. The van der Waals surface area contributed by atoms with Crippen LogP contribution in [0.1, 0.15) is 6.92 Å². The molecule has 1 atom stereocenters. The molecule has 1 heterocycles. The highest BCUT2D eigenvalue weighted by molar-refractivity contribution is 7.99. The van der Waals surface area contributed by atoms with E-state index >= 15 is 0 Å². The van der Waals surface area contributed by atoms with Gasteiger partial charge in [-0.3, -0.25) is 14.2 Å². The molecule has 6 nitrogen and oxygen atoms in total. The van der Waals surface area contributed by atoms with E-state index in [4.69, 9.17) is 10.7 Å². The Hall–Kier alpha value is -2.72. The van der Waals surface area contributed by atoms with E-state index in [2.05, 4.69) is 11.6 Å². The molecule has 1 aromatic carbocycles. The van der Waals surface area contributed by atoms with Crippen molar-refractivity contribution in [3.63, 3.8) is 0 Å². The molecule has 0 saturated carbocycles. The molecule has 2 rings (SSSR count). The van der Waals surface area contributed by atoms with Crippen LogP contribution in [0.4, 0.5) is 0 Å². The van der Waals surface area contributed by atoms with Crippen molar-refractivity contribution in [1.82, 2.24) is 9.55 Å². The lowest BCUT2D eigenvalue weighted by atomic mass is 10.0. The molecule has 0 radical (unpaired) electrons. The van der Waals surface area contributed by atoms with Crippen LogP contribution in [0.2, 0.25) is 0 Å². The third-order valence-corrected chi connectivity index (χ3v) is 4.36. The van der Waals surface area contributed by atoms with E-state index in [1.165, 1.54) is 11.5 Å². The fraction of sp³-hybridized carbons (Fsp3) is 0.235. The van der Waals surface area contributed by atoms with Crippen molar-refractivity contribution >= 4 is 34.2 Å². The van der Waals surface area contributed by atoms with Crippen molar-refractivity contribution in [1.29, 1.82) is 10.7 Å². The van der Waals surface area contributed by atoms with Gasteiger partial charge in [-0.25, -0.2) is 4.98 Å². The average molecular weight is 340 g/mol. The topological polar surface area (TPSA) is 99.6 Å². The van der Waals surface area contributed by atoms with E-state index in [1.807, 2.05) is 6.07 Å². The summed E-state index contributed by atoms with van der Waals surface area (Å²) in [6, 6.07) is 8.82. The lowest BCUT2D eigenvalue weighted by molar-refractivity contribution is -0.117. The van der Waals surface area contributed by atoms with Crippen molar-refractivity contribution in [2.24, 2.45) is 5.92 Å². The normalized spacial score (nSPS) is 11.7. The zero-order chi connectivity index (χ0) is 17.7. The molecule has 1 N–H and O–H groups in total. The van der Waals surface area contributed by atoms with Gasteiger partial charge in [-0.05, 0) is 19.1 Å². The number of allylic oxidation sites excluding steroid dienone is 1. The highest BCUT2D eigenvalue weighted by Crippen LogP contribution is 2.19. The zero-order valence-corrected chi connectivity index (χ0v) is 14.0. The summed E-state index contributed by atoms with van der Waals surface area (Å²) < 4.78 is 1.45. The second-order valence-electron chi connectivity index (χ2n) is 5.12. The minimum Gasteiger partial charge on any atom is -0.308 e. The van der Waals surface area contributed by atoms with Gasteiger partial charge in [-0.15, -0.1) is 6.58 Å². The Balaban J connectivity index is 2.37. The summed E-state index contributed by atoms with van der Waals surface area (Å²) in [6.07, 6.45) is 1.59. The molecule has 0 bridgehead atoms. The predicted octanol–water partition coefficient (Wildman–Crippen LogP) is 2.42. The van der Waals surface area contributed by atoms with E-state index in [1.54, 1.807) is 30.3 Å². The van der Waals surface area contributed by atoms with Crippen molar-refractivity contribution in [3.8, 4) is 6.07 Å². The van der Waals surface area contributed by atoms with Crippen molar-refractivity contribution in [2.45, 2.75) is 18.6 Å². The minimum atomic E-state index is -1.06. The molecular weight excluding hydrogens is 324 g/mol. The molecule has 0 aliphatic heterocycles. The van der Waals surface area contributed by atoms with Crippen LogP contribution >= 0.6 is 11.8 Å². The van der Waals surface area contributed by atoms with Gasteiger partial charge in [-0.2, -0.15) is 5.26 Å². The number of para-hydroxylation sites is 1. The molecule has 0 aliphatic carbocycles. The van der Waals surface area contributed by atoms with Crippen molar-refractivity contribution in [3.05, 3.63) is 47.3 Å². The monoisotopic (exact) mass is 340 g/mol. The molecule has 0 aliphatic rings. The van der Waals surface area contributed by atoms with Crippen LogP contribution in [0.5, 0.6) is 0 Å². The summed E-state index contributed by atoms with van der Waals surface area (Å²) in [7, 11) is 0. The number of carbonyl (C=O) groups is 1. The summed E-state index contributed by atoms with van der Waals surface area (Å²) in [5, 5.41) is 17.4. The maximum Gasteiger partial charge on any atom is 0.262 e. The fourth-order valence-electron chi connectivity index (χ4n) is 2.18. The molecule has 2 aromatic rings. The predicted molar refractivity (Wildman–Crippen MR) is 94.4 cm³/mol. The number of fused-ring (bicyclic) bond motifs is 1. The van der Waals surface area contributed by atoms with Gasteiger partial charge in [0.15, 0.2) is 10.9 Å². The number of Topliss-reactive ketones (excluding diaryl/α,β-unsaturated/α-hetero) is 1. The van der Waals surface area contributed by atoms with Gasteiger partial charge >= 0.3 is 0 Å². The third kappa shape index (κ3) is 3.60. The van der Waals surface area contributed by atoms with Crippen LogP contribution in [0.15, 0.2) is 46.9 Å². The van der Waals surface area contributed by atoms with Crippen LogP contribution in [-0.4, -0.2) is 26.8 Å². The molecule has 7 heteroatoms. The first kappa shape index (κ1) is 17.6. The van der Waals surface area contributed by atoms with Crippen molar-refractivity contribution in [2.75, 3.05) is 5.75 Å². The number of nitriles is 1. The van der Waals surface area contributed by atoms with Crippen LogP contribution in [-0.2, 0) is 11.3 Å². The number of rotatable bonds is 7. The number of hydrogen-bond donors (Lipinski definition) is 1. The zero-order valence-electron chi connectivity index (χ0n) is 13.2. The molecule has 0 fully saturated rings. The maximum atomic E-state index is 12.6. The first-order valence-corrected chi connectivity index (χ1v) is 8.18. The summed E-state index contributed by atoms with van der Waals surface area (Å²) in [6.45, 7) is 5.35. The smallest absolute Gasteiger partial charge is 0.262 e. The van der Waals surface area contributed by atoms with Crippen LogP contribution < -0.4 is 5.56 Å². The van der Waals surface area contributed by atoms with E-state index in [0.717, 1.165) is 11.8 Å². The second-order valence-corrected chi connectivity index (χ2v) is 6.06. The lowest BCUT2D eigenvalue weighted by Crippen LogP contribution is -2.25. The van der Waals surface area contributed by atoms with Gasteiger partial charge in [-0.1, -0.05) is 30.0 Å². The van der Waals surface area contributed by atoms with E-state index in [-0.39, 0.29) is 29.4 Å². The van der Waals surface area contributed by atoms with E-state index in [0.29, 0.717) is 16.1 Å². The summed E-state index contributed by atoms with van der Waals surface area (Å²) in [5.41, 5.74) is 0.367. The molecule has 0 saturated heterocycles. The van der Waals surface area contributed by atoms with Crippen LogP contribution in [0.3, 0.4) is 0 Å². The molecular formula is C17H16N4O2S. The number of thioether (sulfide) groups is 1. The molecule has 1 aromatic heterocycles. The van der Waals surface area contributed by atoms with Gasteiger partial charge in [0.05, 0.1) is 22.7 Å². The number of nitrogens with one attached hydrogen (secondary N) is 1. The number of hydrogen-bond acceptors (Lipinski definition) is 6. The first-order chi connectivity index (χ1) is 11.5. The minimum absolute atomic E-state index is 0.0121. The second kappa shape index (κ2) is 7.70. The largest absolute Gasteiger partial charge is 0.308 e. The molecule has 0 spiro atoms. The number of benzene rings is 1. The average Bonchev–Trinajstić information content (AvgIpc) is 2.56. The number of carbonyl (C=O) groups excluding carboxylic acids is 1. The van der Waals surface area contributed by atoms with Gasteiger partial charge in [0.2, 0.25) is 0 Å². The SMILES string of the molecule is C=CCn1c(SCC(=O)C(C#N)C(C)=N)nc2ccccc2c1=O. The quantitative estimate of drug-likeness (QED) is 0.361. The highest BCUT2D eigenvalue weighted by Gasteiger charge is 2.21. The summed E-state index contributed by atoms with van der Waals surface area (Å²) in [4.78, 5) is 29.1. The van der Waals surface area contributed by atoms with Crippen molar-refractivity contribution < 1.29 is 4.79 Å². The highest BCUT2D eigenvalue weighted by atomic mass is 32.2. The number of aromatic nitrogens is 2. The first-order valence-electron chi connectivity index (χ1n) is 7.20. The van der Waals surface area contributed by atoms with Gasteiger partial charge in [0.25, 0.3) is 5.56 Å². The van der Waals surface area contributed by atoms with E-state index in [9.17, 15) is 9.59 Å². The Morgan fingerprint density at radius 1 is 1.54 bits per heavy atom.